The number of carbonyl (C=O) groups is 1. The zero-order valence-corrected chi connectivity index (χ0v) is 17.9. The second-order valence-electron chi connectivity index (χ2n) is 7.52. The summed E-state index contributed by atoms with van der Waals surface area (Å²) in [7, 11) is 0. The highest BCUT2D eigenvalue weighted by molar-refractivity contribution is 6.00. The van der Waals surface area contributed by atoms with Gasteiger partial charge < -0.3 is 10.5 Å². The number of nitrogens with zero attached hydrogens (tertiary/aromatic N) is 4. The topological polar surface area (TPSA) is 86.8 Å². The number of hydrogen-bond acceptors (Lipinski definition) is 4. The van der Waals surface area contributed by atoms with Crippen molar-refractivity contribution < 1.29 is 31.5 Å². The van der Waals surface area contributed by atoms with Crippen molar-refractivity contribution in [3.05, 3.63) is 101 Å². The van der Waals surface area contributed by atoms with Crippen molar-refractivity contribution >= 4 is 5.91 Å². The van der Waals surface area contributed by atoms with Gasteiger partial charge >= 0.3 is 6.18 Å². The lowest BCUT2D eigenvalue weighted by atomic mass is 10.1. The van der Waals surface area contributed by atoms with Gasteiger partial charge in [0.25, 0.3) is 11.6 Å². The van der Waals surface area contributed by atoms with Crippen LogP contribution in [0.15, 0.2) is 67.1 Å². The van der Waals surface area contributed by atoms with Crippen LogP contribution in [0.3, 0.4) is 0 Å². The largest absolute Gasteiger partial charge is 0.618 e. The molecular weight excluding hydrogens is 473 g/mol. The first kappa shape index (κ1) is 23.8. The van der Waals surface area contributed by atoms with Gasteiger partial charge in [0, 0.05) is 23.4 Å². The number of carbonyl (C=O) groups excluding carboxylic acids is 1. The van der Waals surface area contributed by atoms with E-state index in [1.54, 1.807) is 6.07 Å². The molecule has 0 saturated heterocycles. The number of pyridine rings is 2. The molecule has 0 aliphatic rings. The van der Waals surface area contributed by atoms with Crippen LogP contribution in [0.2, 0.25) is 0 Å². The summed E-state index contributed by atoms with van der Waals surface area (Å²) in [6.07, 6.45) is -1.89. The van der Waals surface area contributed by atoms with Crippen molar-refractivity contribution in [2.45, 2.75) is 19.1 Å². The van der Waals surface area contributed by atoms with E-state index in [0.29, 0.717) is 6.07 Å². The molecule has 0 radical (unpaired) electrons. The van der Waals surface area contributed by atoms with E-state index < -0.39 is 35.5 Å². The smallest absolute Gasteiger partial charge is 0.478 e. The van der Waals surface area contributed by atoms with Gasteiger partial charge in [0.1, 0.15) is 17.3 Å². The predicted molar refractivity (Wildman–Crippen MR) is 113 cm³/mol. The van der Waals surface area contributed by atoms with Gasteiger partial charge in [-0.2, -0.15) is 23.0 Å². The second-order valence-corrected chi connectivity index (χ2v) is 7.52. The molecule has 1 amide bonds. The lowest BCUT2D eigenvalue weighted by Gasteiger charge is -2.15. The Bertz CT molecular complexity index is 1390. The number of benzene rings is 1. The molecule has 35 heavy (non-hydrogen) atoms. The van der Waals surface area contributed by atoms with E-state index in [-0.39, 0.29) is 32.9 Å². The Morgan fingerprint density at radius 3 is 2.49 bits per heavy atom. The predicted octanol–water partition coefficient (Wildman–Crippen LogP) is 4.36. The molecule has 12 heteroatoms. The molecule has 3 aromatic heterocycles. The molecule has 3 heterocycles. The Kier molecular flexibility index (Phi) is 6.20. The normalized spacial score (nSPS) is 12.4. The molecule has 7 nitrogen and oxygen atoms in total. The van der Waals surface area contributed by atoms with E-state index in [1.807, 2.05) is 0 Å². The standard InChI is InChI=1S/C23H16F5N5O2/c1-13(14-6-8-19(23(26,27)28)33(35)11-14)30-22(34)17-12-32(20-9-7-15(24)10-29-20)31-21(17)16-4-2-3-5-18(16)25/h2-13H,1H3,(H,30,34)/t13-/m1/s1. The summed E-state index contributed by atoms with van der Waals surface area (Å²) in [5.41, 5.74) is -1.38. The van der Waals surface area contributed by atoms with Gasteiger partial charge in [-0.25, -0.2) is 18.4 Å². The Labute approximate surface area is 195 Å². The van der Waals surface area contributed by atoms with Crippen LogP contribution < -0.4 is 10.0 Å². The quantitative estimate of drug-likeness (QED) is 0.257. The third kappa shape index (κ3) is 4.95. The molecule has 4 rings (SSSR count). The lowest BCUT2D eigenvalue weighted by molar-refractivity contribution is -0.629. The van der Waals surface area contributed by atoms with E-state index in [9.17, 15) is 32.0 Å². The summed E-state index contributed by atoms with van der Waals surface area (Å²) < 4.78 is 67.2. The fourth-order valence-corrected chi connectivity index (χ4v) is 3.34. The summed E-state index contributed by atoms with van der Waals surface area (Å²) in [6, 6.07) is 8.87. The van der Waals surface area contributed by atoms with Crippen molar-refractivity contribution in [1.82, 2.24) is 20.1 Å². The first-order valence-electron chi connectivity index (χ1n) is 10.1. The van der Waals surface area contributed by atoms with E-state index >= 15 is 0 Å². The third-order valence-corrected chi connectivity index (χ3v) is 5.11. The van der Waals surface area contributed by atoms with Crippen molar-refractivity contribution in [2.75, 3.05) is 0 Å². The number of halogens is 5. The number of rotatable bonds is 5. The van der Waals surface area contributed by atoms with Crippen LogP contribution >= 0.6 is 0 Å². The molecule has 0 aliphatic carbocycles. The SMILES string of the molecule is C[C@@H](NC(=O)c1cn(-c2ccc(F)cn2)nc1-c1ccccc1F)c1ccc(C(F)(F)F)[n+]([O-])c1. The minimum atomic E-state index is -4.83. The van der Waals surface area contributed by atoms with Crippen LogP contribution in [0, 0.1) is 16.8 Å². The first-order valence-corrected chi connectivity index (χ1v) is 10.1. The van der Waals surface area contributed by atoms with Crippen molar-refractivity contribution in [1.29, 1.82) is 0 Å². The fourth-order valence-electron chi connectivity index (χ4n) is 3.34. The van der Waals surface area contributed by atoms with Gasteiger partial charge in [-0.1, -0.05) is 12.1 Å². The molecule has 0 saturated carbocycles. The number of aromatic nitrogens is 4. The van der Waals surface area contributed by atoms with Gasteiger partial charge in [0.15, 0.2) is 12.0 Å². The van der Waals surface area contributed by atoms with Crippen molar-refractivity contribution in [2.24, 2.45) is 0 Å². The van der Waals surface area contributed by atoms with Crippen LogP contribution in [0.25, 0.3) is 17.1 Å². The Balaban J connectivity index is 1.69. The third-order valence-electron chi connectivity index (χ3n) is 5.11. The summed E-state index contributed by atoms with van der Waals surface area (Å²) in [5, 5.41) is 18.6. The van der Waals surface area contributed by atoms with Crippen LogP contribution in [-0.2, 0) is 6.18 Å². The molecular formula is C23H16F5N5O2. The summed E-state index contributed by atoms with van der Waals surface area (Å²) in [5.74, 6) is -1.82. The number of alkyl halides is 3. The van der Waals surface area contributed by atoms with Crippen LogP contribution in [0.5, 0.6) is 0 Å². The van der Waals surface area contributed by atoms with Gasteiger partial charge in [-0.15, -0.1) is 0 Å². The Morgan fingerprint density at radius 1 is 1.11 bits per heavy atom. The molecule has 1 aromatic carbocycles. The van der Waals surface area contributed by atoms with Gasteiger partial charge in [-0.3, -0.25) is 4.79 Å². The molecule has 180 valence electrons. The van der Waals surface area contributed by atoms with Crippen LogP contribution in [-0.4, -0.2) is 20.7 Å². The van der Waals surface area contributed by atoms with Crippen molar-refractivity contribution in [3.63, 3.8) is 0 Å². The average Bonchev–Trinajstić information content (AvgIpc) is 3.24. The van der Waals surface area contributed by atoms with Gasteiger partial charge in [0.2, 0.25) is 0 Å². The number of nitrogens with one attached hydrogen (secondary N) is 1. The molecule has 1 atom stereocenters. The van der Waals surface area contributed by atoms with Crippen molar-refractivity contribution in [3.8, 4) is 17.1 Å². The first-order chi connectivity index (χ1) is 16.5. The number of hydrogen-bond donors (Lipinski definition) is 1. The second kappa shape index (κ2) is 9.12. The molecule has 0 fully saturated rings. The highest BCUT2D eigenvalue weighted by Gasteiger charge is 2.39. The van der Waals surface area contributed by atoms with Gasteiger partial charge in [0.05, 0.1) is 17.8 Å². The fraction of sp³-hybridized carbons (Fsp3) is 0.130. The molecule has 0 unspecified atom stereocenters. The number of amides is 1. The van der Waals surface area contributed by atoms with E-state index in [4.69, 9.17) is 0 Å². The minimum Gasteiger partial charge on any atom is -0.618 e. The van der Waals surface area contributed by atoms with E-state index in [0.717, 1.165) is 24.5 Å². The maximum atomic E-state index is 14.5. The zero-order chi connectivity index (χ0) is 25.3. The average molecular weight is 489 g/mol. The Morgan fingerprint density at radius 2 is 1.86 bits per heavy atom. The molecule has 0 bridgehead atoms. The summed E-state index contributed by atoms with van der Waals surface area (Å²) in [6.45, 7) is 1.47. The van der Waals surface area contributed by atoms with Gasteiger partial charge in [-0.05, 0) is 37.3 Å². The Hall–Kier alpha value is -4.35. The maximum Gasteiger partial charge on any atom is 0.478 e. The zero-order valence-electron chi connectivity index (χ0n) is 17.9. The highest BCUT2D eigenvalue weighted by Crippen LogP contribution is 2.28. The van der Waals surface area contributed by atoms with E-state index in [1.165, 1.54) is 42.1 Å². The molecule has 4 aromatic rings. The molecule has 0 aliphatic heterocycles. The van der Waals surface area contributed by atoms with E-state index in [2.05, 4.69) is 15.4 Å². The molecule has 0 spiro atoms. The van der Waals surface area contributed by atoms with Crippen LogP contribution in [0.4, 0.5) is 22.0 Å². The highest BCUT2D eigenvalue weighted by atomic mass is 19.4. The maximum absolute atomic E-state index is 14.5. The minimum absolute atomic E-state index is 0.0121. The summed E-state index contributed by atoms with van der Waals surface area (Å²) >= 11 is 0. The summed E-state index contributed by atoms with van der Waals surface area (Å²) in [4.78, 5) is 17.0. The lowest BCUT2D eigenvalue weighted by Crippen LogP contribution is -2.38. The monoisotopic (exact) mass is 489 g/mol. The molecule has 1 N–H and O–H groups in total. The van der Waals surface area contributed by atoms with Crippen LogP contribution in [0.1, 0.15) is 34.6 Å².